The van der Waals surface area contributed by atoms with E-state index in [-0.39, 0.29) is 16.9 Å². The lowest BCUT2D eigenvalue weighted by atomic mass is 9.82. The third kappa shape index (κ3) is 6.39. The van der Waals surface area contributed by atoms with Crippen molar-refractivity contribution in [3.63, 3.8) is 0 Å². The second-order valence-electron chi connectivity index (χ2n) is 13.5. The Morgan fingerprint density at radius 3 is 2.18 bits per heavy atom. The molecule has 6 nitrogen and oxygen atoms in total. The molecule has 0 radical (unpaired) electrons. The van der Waals surface area contributed by atoms with Gasteiger partial charge in [-0.15, -0.1) is 9.39 Å². The number of hydrogen-bond donors (Lipinski definition) is 1. The van der Waals surface area contributed by atoms with Crippen LogP contribution in [-0.2, 0) is 14.3 Å². The van der Waals surface area contributed by atoms with Gasteiger partial charge >= 0.3 is 0 Å². The van der Waals surface area contributed by atoms with Crippen LogP contribution >= 0.6 is 16.7 Å². The molecule has 1 aromatic carbocycles. The number of fused-ring (bicyclic) bond motifs is 1. The largest absolute Gasteiger partial charge is 0.364 e. The van der Waals surface area contributed by atoms with Gasteiger partial charge in [0.1, 0.15) is 5.84 Å². The molecule has 0 amide bonds. The van der Waals surface area contributed by atoms with Crippen LogP contribution in [0.15, 0.2) is 46.4 Å². The lowest BCUT2D eigenvalue weighted by molar-refractivity contribution is 0.162. The third-order valence-corrected chi connectivity index (χ3v) is 13.6. The van der Waals surface area contributed by atoms with E-state index < -0.39 is 26.4 Å². The summed E-state index contributed by atoms with van der Waals surface area (Å²) in [5.74, 6) is 12.9. The molecule has 0 spiro atoms. The summed E-state index contributed by atoms with van der Waals surface area (Å²) in [5, 5.41) is 4.13. The summed E-state index contributed by atoms with van der Waals surface area (Å²) < 4.78 is 34.2. The van der Waals surface area contributed by atoms with Crippen molar-refractivity contribution in [1.29, 1.82) is 0 Å². The fourth-order valence-corrected chi connectivity index (χ4v) is 11.8. The molecule has 3 unspecified atom stereocenters. The molecule has 0 fully saturated rings. The van der Waals surface area contributed by atoms with Gasteiger partial charge in [-0.3, -0.25) is 8.28 Å². The van der Waals surface area contributed by atoms with Crippen molar-refractivity contribution in [1.82, 2.24) is 4.90 Å². The number of amidine groups is 1. The van der Waals surface area contributed by atoms with Crippen molar-refractivity contribution in [2.45, 2.75) is 67.9 Å². The Bertz CT molecular complexity index is 1470. The molecule has 9 heteroatoms. The van der Waals surface area contributed by atoms with Gasteiger partial charge in [-0.05, 0) is 60.1 Å². The maximum atomic E-state index is 14.5. The summed E-state index contributed by atoms with van der Waals surface area (Å²) in [7, 11) is -7.73. The Labute approximate surface area is 238 Å². The van der Waals surface area contributed by atoms with E-state index in [2.05, 4.69) is 82.9 Å². The molecule has 0 saturated carbocycles. The van der Waals surface area contributed by atoms with E-state index in [1.54, 1.807) is 9.97 Å². The zero-order valence-electron chi connectivity index (χ0n) is 25.7. The summed E-state index contributed by atoms with van der Waals surface area (Å²) in [6.45, 7) is 23.0. The normalized spacial score (nSPS) is 23.7. The van der Waals surface area contributed by atoms with Crippen LogP contribution < -0.4 is 14.3 Å². The molecule has 2 aliphatic heterocycles. The molecule has 39 heavy (non-hydrogen) atoms. The van der Waals surface area contributed by atoms with Crippen LogP contribution in [0.3, 0.4) is 0 Å². The highest BCUT2D eigenvalue weighted by atomic mass is 32.3. The molecule has 0 aliphatic carbocycles. The fraction of sp³-hybridized carbons (Fsp3) is 0.533. The molecule has 3 rings (SSSR count). The standard InChI is InChI=1S/C30H49N4O2PS2/c1-15-37(35)25-20-23(34(38(10,11)12)39(13,14)36)16-17-24(25)31-28(32-37)26-21(2)27(30(7,8)9)33(22(26)3)19-18-29(4,5)6/h16-17,20,27H,3,10-11,13,15,18-19H2,1-2,4-9,12,14H3,(H,31,32,35). The molecule has 1 N–H and O–H groups in total. The minimum absolute atomic E-state index is 0.0224. The molecule has 1 aromatic rings. The number of nitrogens with one attached hydrogen (secondary N) is 1. The van der Waals surface area contributed by atoms with Gasteiger partial charge < -0.3 is 10.2 Å². The van der Waals surface area contributed by atoms with Crippen LogP contribution in [-0.4, -0.2) is 63.8 Å². The minimum atomic E-state index is -3.18. The highest BCUT2D eigenvalue weighted by molar-refractivity contribution is 8.35. The van der Waals surface area contributed by atoms with Gasteiger partial charge in [-0.2, -0.15) is 0 Å². The van der Waals surface area contributed by atoms with Crippen molar-refractivity contribution in [2.24, 2.45) is 15.6 Å². The summed E-state index contributed by atoms with van der Waals surface area (Å²) in [4.78, 5) is 2.41. The molecule has 218 valence electrons. The maximum Gasteiger partial charge on any atom is 0.222 e. The first kappa shape index (κ1) is 31.6. The van der Waals surface area contributed by atoms with Crippen molar-refractivity contribution >= 4 is 66.5 Å². The minimum Gasteiger partial charge on any atom is -0.364 e. The molecule has 0 aromatic heterocycles. The van der Waals surface area contributed by atoms with Gasteiger partial charge in [0.05, 0.1) is 32.4 Å². The lowest BCUT2D eigenvalue weighted by Crippen LogP contribution is -2.41. The third-order valence-electron chi connectivity index (χ3n) is 7.17. The summed E-state index contributed by atoms with van der Waals surface area (Å²) >= 11 is 0. The second kappa shape index (κ2) is 10.2. The Hall–Kier alpha value is -1.89. The second-order valence-corrected chi connectivity index (χ2v) is 21.6. The van der Waals surface area contributed by atoms with Gasteiger partial charge in [-0.25, -0.2) is 8.97 Å². The highest BCUT2D eigenvalue weighted by Gasteiger charge is 2.43. The first-order chi connectivity index (χ1) is 17.5. The molecular weight excluding hydrogens is 543 g/mol. The maximum absolute atomic E-state index is 14.5. The summed E-state index contributed by atoms with van der Waals surface area (Å²) in [6, 6.07) is 5.77. The molecule has 2 heterocycles. The first-order valence-electron chi connectivity index (χ1n) is 13.4. The lowest BCUT2D eigenvalue weighted by Gasteiger charge is -2.39. The van der Waals surface area contributed by atoms with E-state index in [4.69, 9.17) is 4.76 Å². The first-order valence-corrected chi connectivity index (χ1v) is 19.6. The Kier molecular flexibility index (Phi) is 8.26. The van der Waals surface area contributed by atoms with Gasteiger partial charge in [0.2, 0.25) is 7.29 Å². The van der Waals surface area contributed by atoms with Crippen LogP contribution in [0.4, 0.5) is 11.4 Å². The Morgan fingerprint density at radius 2 is 1.72 bits per heavy atom. The van der Waals surface area contributed by atoms with Crippen LogP contribution in [0.25, 0.3) is 0 Å². The van der Waals surface area contributed by atoms with Crippen molar-refractivity contribution < 1.29 is 8.77 Å². The molecule has 3 atom stereocenters. The van der Waals surface area contributed by atoms with Crippen LogP contribution in [0.2, 0.25) is 0 Å². The smallest absolute Gasteiger partial charge is 0.222 e. The quantitative estimate of drug-likeness (QED) is 0.282. The average molecular weight is 593 g/mol. The van der Waals surface area contributed by atoms with Gasteiger partial charge in [0.25, 0.3) is 0 Å². The van der Waals surface area contributed by atoms with Crippen molar-refractivity contribution in [3.05, 3.63) is 41.6 Å². The van der Waals surface area contributed by atoms with Crippen LogP contribution in [0.5, 0.6) is 0 Å². The molecule has 2 aliphatic rings. The number of anilines is 2. The zero-order valence-corrected chi connectivity index (χ0v) is 28.2. The van der Waals surface area contributed by atoms with E-state index in [0.29, 0.717) is 23.0 Å². The van der Waals surface area contributed by atoms with E-state index in [9.17, 15) is 8.77 Å². The fourth-order valence-electron chi connectivity index (χ4n) is 5.67. The number of benzene rings is 1. The van der Waals surface area contributed by atoms with Crippen LogP contribution in [0, 0.1) is 10.8 Å². The Morgan fingerprint density at radius 1 is 1.13 bits per heavy atom. The predicted molar refractivity (Wildman–Crippen MR) is 183 cm³/mol. The monoisotopic (exact) mass is 592 g/mol. The number of hydrogen-bond acceptors (Lipinski definition) is 4. The topological polar surface area (TPSA) is 65.0 Å². The molecular formula is C30H49N4O2PS2. The zero-order chi connectivity index (χ0) is 29.9. The van der Waals surface area contributed by atoms with E-state index in [0.717, 1.165) is 29.9 Å². The van der Waals surface area contributed by atoms with Gasteiger partial charge in [-0.1, -0.05) is 66.8 Å². The Balaban J connectivity index is 2.15. The van der Waals surface area contributed by atoms with E-state index >= 15 is 0 Å². The van der Waals surface area contributed by atoms with Crippen molar-refractivity contribution in [3.8, 4) is 0 Å². The van der Waals surface area contributed by atoms with Gasteiger partial charge in [0.15, 0.2) is 0 Å². The summed E-state index contributed by atoms with van der Waals surface area (Å²) in [6.07, 6.45) is 4.85. The molecule has 0 saturated heterocycles. The molecule has 0 bridgehead atoms. The van der Waals surface area contributed by atoms with Gasteiger partial charge in [0, 0.05) is 30.2 Å². The SMILES string of the molecule is C=C1C(C2=NP(=O)(CC)c3cc(N(S(=C)(=C)C)S(=C)(C)=O)ccc3N2)=C(C)C(C(C)(C)C)N1CCC(C)(C)C. The number of rotatable bonds is 7. The summed E-state index contributed by atoms with van der Waals surface area (Å²) in [5.41, 5.74) is 4.64. The highest BCUT2D eigenvalue weighted by Crippen LogP contribution is 2.53. The predicted octanol–water partition coefficient (Wildman–Crippen LogP) is 6.71. The van der Waals surface area contributed by atoms with Crippen LogP contribution in [0.1, 0.15) is 61.8 Å². The van der Waals surface area contributed by atoms with E-state index in [1.807, 2.05) is 31.4 Å². The number of nitrogens with zero attached hydrogens (tertiary/aromatic N) is 3. The van der Waals surface area contributed by atoms with Crippen molar-refractivity contribution in [2.75, 3.05) is 34.2 Å². The average Bonchev–Trinajstić information content (AvgIpc) is 2.99. The van der Waals surface area contributed by atoms with E-state index in [1.165, 1.54) is 5.57 Å².